The number of nitrogens with one attached hydrogen (secondary N) is 1. The van der Waals surface area contributed by atoms with Crippen molar-refractivity contribution in [1.82, 2.24) is 5.32 Å². The van der Waals surface area contributed by atoms with Crippen molar-refractivity contribution in [2.45, 2.75) is 11.9 Å². The van der Waals surface area contributed by atoms with Gasteiger partial charge in [-0.1, -0.05) is 41.4 Å². The average Bonchev–Trinajstić information content (AvgIpc) is 2.68. The van der Waals surface area contributed by atoms with Gasteiger partial charge in [0.15, 0.2) is 6.10 Å². The first-order chi connectivity index (χ1) is 13.8. The monoisotopic (exact) mass is 474 g/mol. The number of sulfonamides is 1. The maximum atomic E-state index is 12.5. The van der Waals surface area contributed by atoms with E-state index < -0.39 is 16.1 Å². The van der Waals surface area contributed by atoms with E-state index in [1.807, 2.05) is 12.1 Å². The molecular weight excluding hydrogens is 455 g/mol. The highest BCUT2D eigenvalue weighted by Crippen LogP contribution is 2.34. The number of rotatable bonds is 7. The molecular formula is C19H20Cl2N2O4S2. The number of anilines is 1. The molecule has 156 valence electrons. The number of fused-ring (bicyclic) bond motifs is 1. The zero-order valence-electron chi connectivity index (χ0n) is 15.6. The summed E-state index contributed by atoms with van der Waals surface area (Å²) >= 11 is 13.5. The molecule has 6 nitrogen and oxygen atoms in total. The Balaban J connectivity index is 1.51. The number of carbonyl (C=O) groups is 1. The molecule has 0 spiro atoms. The van der Waals surface area contributed by atoms with Crippen LogP contribution in [-0.2, 0) is 20.6 Å². The predicted molar refractivity (Wildman–Crippen MR) is 119 cm³/mol. The van der Waals surface area contributed by atoms with Crippen LogP contribution in [0.5, 0.6) is 5.75 Å². The molecule has 0 saturated carbocycles. The summed E-state index contributed by atoms with van der Waals surface area (Å²) < 4.78 is 31.1. The first-order valence-corrected chi connectivity index (χ1v) is 12.5. The summed E-state index contributed by atoms with van der Waals surface area (Å²) in [4.78, 5) is 12.5. The Bertz CT molecular complexity index is 1000. The smallest absolute Gasteiger partial charge is 0.263 e. The molecule has 3 rings (SSSR count). The minimum Gasteiger partial charge on any atom is -0.476 e. The molecule has 1 aliphatic rings. The molecule has 29 heavy (non-hydrogen) atoms. The van der Waals surface area contributed by atoms with Crippen LogP contribution in [0.1, 0.15) is 5.56 Å². The van der Waals surface area contributed by atoms with Crippen molar-refractivity contribution in [2.24, 2.45) is 0 Å². The van der Waals surface area contributed by atoms with Crippen molar-refractivity contribution in [1.29, 1.82) is 0 Å². The maximum Gasteiger partial charge on any atom is 0.263 e. The Morgan fingerprint density at radius 1 is 1.24 bits per heavy atom. The van der Waals surface area contributed by atoms with Crippen LogP contribution in [0, 0.1) is 0 Å². The van der Waals surface area contributed by atoms with E-state index in [2.05, 4.69) is 5.32 Å². The van der Waals surface area contributed by atoms with Crippen LogP contribution in [0.2, 0.25) is 10.0 Å². The molecule has 1 aliphatic heterocycles. The van der Waals surface area contributed by atoms with Gasteiger partial charge in [0.1, 0.15) is 5.75 Å². The summed E-state index contributed by atoms with van der Waals surface area (Å²) in [5.74, 6) is 1.45. The first-order valence-electron chi connectivity index (χ1n) is 8.78. The van der Waals surface area contributed by atoms with Crippen LogP contribution in [0.3, 0.4) is 0 Å². The standard InChI is InChI=1S/C19H20Cl2N2O4S2/c1-29(25,26)23-11-18(27-17-5-3-2-4-16(17)23)19(24)22-8-9-28-12-13-6-7-14(20)15(21)10-13/h2-7,10,18H,8-9,11-12H2,1H3,(H,22,24). The molecule has 0 fully saturated rings. The number of benzene rings is 2. The van der Waals surface area contributed by atoms with Crippen LogP contribution in [-0.4, -0.2) is 45.5 Å². The van der Waals surface area contributed by atoms with Gasteiger partial charge in [0.05, 0.1) is 28.5 Å². The maximum absolute atomic E-state index is 12.5. The second-order valence-electron chi connectivity index (χ2n) is 6.46. The topological polar surface area (TPSA) is 75.7 Å². The number of nitrogens with zero attached hydrogens (tertiary/aromatic N) is 1. The van der Waals surface area contributed by atoms with Crippen molar-refractivity contribution in [3.8, 4) is 5.75 Å². The van der Waals surface area contributed by atoms with Gasteiger partial charge in [-0.15, -0.1) is 0 Å². The number of carbonyl (C=O) groups excluding carboxylic acids is 1. The van der Waals surface area contributed by atoms with Gasteiger partial charge < -0.3 is 10.1 Å². The summed E-state index contributed by atoms with van der Waals surface area (Å²) in [5.41, 5.74) is 1.49. The summed E-state index contributed by atoms with van der Waals surface area (Å²) in [5, 5.41) is 3.84. The van der Waals surface area contributed by atoms with E-state index in [9.17, 15) is 13.2 Å². The number of hydrogen-bond acceptors (Lipinski definition) is 5. The SMILES string of the molecule is CS(=O)(=O)N1CC(C(=O)NCCSCc2ccc(Cl)c(Cl)c2)Oc2ccccc21. The fourth-order valence-corrected chi connectivity index (χ4v) is 4.87. The second kappa shape index (κ2) is 9.47. The highest BCUT2D eigenvalue weighted by molar-refractivity contribution is 7.98. The normalized spacial score (nSPS) is 16.1. The van der Waals surface area contributed by atoms with Crippen LogP contribution in [0.4, 0.5) is 5.69 Å². The highest BCUT2D eigenvalue weighted by atomic mass is 35.5. The Labute approximate surface area is 184 Å². The predicted octanol–water partition coefficient (Wildman–Crippen LogP) is 3.57. The van der Waals surface area contributed by atoms with Crippen LogP contribution >= 0.6 is 35.0 Å². The lowest BCUT2D eigenvalue weighted by Gasteiger charge is -2.33. The quantitative estimate of drug-likeness (QED) is 0.620. The Morgan fingerprint density at radius 2 is 2.00 bits per heavy atom. The van der Waals surface area contributed by atoms with E-state index >= 15 is 0 Å². The molecule has 2 aromatic rings. The number of para-hydroxylation sites is 2. The van der Waals surface area contributed by atoms with Crippen LogP contribution in [0.25, 0.3) is 0 Å². The van der Waals surface area contributed by atoms with Gasteiger partial charge in [0, 0.05) is 18.1 Å². The Hall–Kier alpha value is -1.61. The molecule has 10 heteroatoms. The summed E-state index contributed by atoms with van der Waals surface area (Å²) in [6.07, 6.45) is 0.212. The van der Waals surface area contributed by atoms with Gasteiger partial charge >= 0.3 is 0 Å². The molecule has 0 aliphatic carbocycles. The molecule has 0 saturated heterocycles. The largest absolute Gasteiger partial charge is 0.476 e. The lowest BCUT2D eigenvalue weighted by molar-refractivity contribution is -0.127. The van der Waals surface area contributed by atoms with Crippen molar-refractivity contribution in [3.05, 3.63) is 58.1 Å². The summed E-state index contributed by atoms with van der Waals surface area (Å²) in [6.45, 7) is 0.378. The molecule has 1 unspecified atom stereocenters. The lowest BCUT2D eigenvalue weighted by atomic mass is 10.2. The van der Waals surface area contributed by atoms with Crippen LogP contribution < -0.4 is 14.4 Å². The molecule has 0 aromatic heterocycles. The van der Waals surface area contributed by atoms with Crippen molar-refractivity contribution >= 4 is 56.6 Å². The Morgan fingerprint density at radius 3 is 2.72 bits per heavy atom. The zero-order valence-corrected chi connectivity index (χ0v) is 18.7. The van der Waals surface area contributed by atoms with E-state index in [0.29, 0.717) is 33.8 Å². The summed E-state index contributed by atoms with van der Waals surface area (Å²) in [6, 6.07) is 12.3. The third-order valence-electron chi connectivity index (χ3n) is 4.23. The van der Waals surface area contributed by atoms with E-state index in [-0.39, 0.29) is 12.5 Å². The number of hydrogen-bond donors (Lipinski definition) is 1. The van der Waals surface area contributed by atoms with E-state index in [1.165, 1.54) is 4.31 Å². The number of halogens is 2. The van der Waals surface area contributed by atoms with E-state index in [1.54, 1.807) is 42.1 Å². The molecule has 1 amide bonds. The molecule has 0 radical (unpaired) electrons. The number of thioether (sulfide) groups is 1. The third kappa shape index (κ3) is 5.72. The van der Waals surface area contributed by atoms with Gasteiger partial charge in [0.25, 0.3) is 5.91 Å². The average molecular weight is 475 g/mol. The highest BCUT2D eigenvalue weighted by Gasteiger charge is 2.34. The third-order valence-corrected chi connectivity index (χ3v) is 7.14. The Kier molecular flexibility index (Phi) is 7.21. The van der Waals surface area contributed by atoms with Gasteiger partial charge in [-0.25, -0.2) is 8.42 Å². The van der Waals surface area contributed by atoms with Crippen LogP contribution in [0.15, 0.2) is 42.5 Å². The molecule has 1 N–H and O–H groups in total. The molecule has 1 heterocycles. The van der Waals surface area contributed by atoms with Crippen molar-refractivity contribution in [2.75, 3.05) is 29.4 Å². The minimum absolute atomic E-state index is 0.0574. The van der Waals surface area contributed by atoms with Gasteiger partial charge in [-0.3, -0.25) is 9.10 Å². The van der Waals surface area contributed by atoms with Gasteiger partial charge in [-0.05, 0) is 29.8 Å². The number of ether oxygens (including phenoxy) is 1. The van der Waals surface area contributed by atoms with Gasteiger partial charge in [-0.2, -0.15) is 11.8 Å². The molecule has 2 aromatic carbocycles. The summed E-state index contributed by atoms with van der Waals surface area (Å²) in [7, 11) is -3.52. The lowest BCUT2D eigenvalue weighted by Crippen LogP contribution is -2.50. The fraction of sp³-hybridized carbons (Fsp3) is 0.316. The van der Waals surface area contributed by atoms with Gasteiger partial charge in [0.2, 0.25) is 10.0 Å². The zero-order chi connectivity index (χ0) is 21.0. The van der Waals surface area contributed by atoms with Crippen molar-refractivity contribution in [3.63, 3.8) is 0 Å². The van der Waals surface area contributed by atoms with E-state index in [0.717, 1.165) is 17.6 Å². The molecule has 0 bridgehead atoms. The van der Waals surface area contributed by atoms with E-state index in [4.69, 9.17) is 27.9 Å². The first kappa shape index (κ1) is 22.1. The number of amides is 1. The fourth-order valence-electron chi connectivity index (χ4n) is 2.83. The van der Waals surface area contributed by atoms with Crippen molar-refractivity contribution < 1.29 is 17.9 Å². The molecule has 1 atom stereocenters. The minimum atomic E-state index is -3.52. The second-order valence-corrected chi connectivity index (χ2v) is 10.3.